The van der Waals surface area contributed by atoms with Gasteiger partial charge in [0.1, 0.15) is 29.5 Å². The molecule has 1 aliphatic rings. The summed E-state index contributed by atoms with van der Waals surface area (Å²) in [4.78, 5) is 49.6. The van der Waals surface area contributed by atoms with Gasteiger partial charge in [0.15, 0.2) is 11.0 Å². The highest BCUT2D eigenvalue weighted by Gasteiger charge is 2.51. The summed E-state index contributed by atoms with van der Waals surface area (Å²) in [5.74, 6) is 0.789. The molecule has 54 heavy (non-hydrogen) atoms. The van der Waals surface area contributed by atoms with E-state index in [0.717, 1.165) is 27.4 Å². The fraction of sp³-hybridized carbons (Fsp3) is 0.326. The van der Waals surface area contributed by atoms with Gasteiger partial charge in [-0.3, -0.25) is 4.79 Å². The Morgan fingerprint density at radius 1 is 0.907 bits per heavy atom. The monoisotopic (exact) mass is 733 g/mol. The highest BCUT2D eigenvalue weighted by molar-refractivity contribution is 6.08. The standard InChI is InChI=1S/C43H47N3O8/c1-8-45(41(49)54-42(2,3)4)27-43(40(48)52-7)25-37(53-26-28-12-10-9-11-13-28)38-35(47)17-15-30-23-34-31(18-20-44-34)22-33(30)39(38)46(43)21-19-29-14-16-32(50-5)24-36(29)51-6/h9-18,20,22-25,44H,8,19,21,26-27H2,1-7H3. The van der Waals surface area contributed by atoms with Crippen LogP contribution in [0.2, 0.25) is 0 Å². The van der Waals surface area contributed by atoms with Gasteiger partial charge in [0.05, 0.1) is 39.1 Å². The molecule has 282 valence electrons. The van der Waals surface area contributed by atoms with E-state index in [4.69, 9.17) is 23.7 Å². The number of methoxy groups -OCH3 is 3. The van der Waals surface area contributed by atoms with Crippen LogP contribution in [0.1, 0.15) is 44.4 Å². The molecule has 1 unspecified atom stereocenters. The first-order valence-electron chi connectivity index (χ1n) is 17.9. The number of rotatable bonds is 12. The van der Waals surface area contributed by atoms with Crippen molar-refractivity contribution in [2.24, 2.45) is 0 Å². The summed E-state index contributed by atoms with van der Waals surface area (Å²) >= 11 is 0. The number of fused-ring (bicyclic) bond motifs is 4. The number of hydrogen-bond donors (Lipinski definition) is 1. The second kappa shape index (κ2) is 15.6. The molecule has 0 saturated carbocycles. The number of benzene rings is 3. The van der Waals surface area contributed by atoms with Gasteiger partial charge >= 0.3 is 12.1 Å². The zero-order valence-electron chi connectivity index (χ0n) is 31.9. The van der Waals surface area contributed by atoms with Crippen LogP contribution in [0, 0.1) is 0 Å². The molecule has 1 atom stereocenters. The van der Waals surface area contributed by atoms with Crippen LogP contribution in [-0.2, 0) is 32.0 Å². The largest absolute Gasteiger partial charge is 0.497 e. The maximum absolute atomic E-state index is 14.7. The summed E-state index contributed by atoms with van der Waals surface area (Å²) in [6, 6.07) is 24.4. The van der Waals surface area contributed by atoms with E-state index in [-0.39, 0.29) is 43.0 Å². The lowest BCUT2D eigenvalue weighted by atomic mass is 9.86. The van der Waals surface area contributed by atoms with Gasteiger partial charge in [-0.05, 0) is 87.0 Å². The van der Waals surface area contributed by atoms with Gasteiger partial charge in [-0.15, -0.1) is 0 Å². The van der Waals surface area contributed by atoms with Crippen LogP contribution in [0.4, 0.5) is 10.5 Å². The van der Waals surface area contributed by atoms with Crippen LogP contribution in [-0.4, -0.2) is 74.1 Å². The zero-order valence-corrected chi connectivity index (χ0v) is 31.9. The molecule has 1 aliphatic heterocycles. The Morgan fingerprint density at radius 2 is 1.69 bits per heavy atom. The van der Waals surface area contributed by atoms with Crippen molar-refractivity contribution in [1.29, 1.82) is 0 Å². The maximum atomic E-state index is 14.7. The van der Waals surface area contributed by atoms with Crippen molar-refractivity contribution in [3.8, 4) is 11.5 Å². The number of anilines is 1. The summed E-state index contributed by atoms with van der Waals surface area (Å²) in [6.07, 6.45) is 3.27. The molecule has 2 heterocycles. The minimum absolute atomic E-state index is 0.119. The molecule has 0 fully saturated rings. The molecule has 0 spiro atoms. The number of hydrogen-bond acceptors (Lipinski definition) is 9. The third kappa shape index (κ3) is 7.57. The molecule has 0 saturated heterocycles. The topological polar surface area (TPSA) is 120 Å². The van der Waals surface area contributed by atoms with Gasteiger partial charge in [-0.1, -0.05) is 42.5 Å². The number of nitrogens with zero attached hydrogens (tertiary/aromatic N) is 2. The molecular formula is C43H47N3O8. The number of nitrogens with one attached hydrogen (secondary N) is 1. The quantitative estimate of drug-likeness (QED) is 0.130. The van der Waals surface area contributed by atoms with Crippen molar-refractivity contribution in [2.45, 2.75) is 51.9 Å². The Bertz CT molecular complexity index is 2260. The SMILES string of the molecule is CCN(CC1(C(=O)OC)C=C(OCc2ccccc2)c2c(c3cc4cc[nH]c4cc3ccc2=O)N1CCc1ccc(OC)cc1OC)C(=O)OC(C)(C)C. The van der Waals surface area contributed by atoms with Crippen molar-refractivity contribution in [3.05, 3.63) is 118 Å². The van der Waals surface area contributed by atoms with Crippen LogP contribution in [0.3, 0.4) is 0 Å². The average molecular weight is 734 g/mol. The van der Waals surface area contributed by atoms with Crippen molar-refractivity contribution in [2.75, 3.05) is 45.9 Å². The second-order valence-corrected chi connectivity index (χ2v) is 14.2. The zero-order chi connectivity index (χ0) is 38.6. The molecule has 1 N–H and O–H groups in total. The minimum atomic E-state index is -1.69. The average Bonchev–Trinajstić information content (AvgIpc) is 3.58. The third-order valence-electron chi connectivity index (χ3n) is 9.58. The van der Waals surface area contributed by atoms with Crippen molar-refractivity contribution in [1.82, 2.24) is 9.88 Å². The molecule has 0 aliphatic carbocycles. The first kappa shape index (κ1) is 37.8. The number of amides is 1. The van der Waals surface area contributed by atoms with Gasteiger partial charge in [0.25, 0.3) is 0 Å². The lowest BCUT2D eigenvalue weighted by molar-refractivity contribution is -0.145. The van der Waals surface area contributed by atoms with E-state index < -0.39 is 23.2 Å². The number of ether oxygens (including phenoxy) is 5. The van der Waals surface area contributed by atoms with Crippen molar-refractivity contribution in [3.63, 3.8) is 0 Å². The number of aromatic amines is 1. The Balaban J connectivity index is 1.65. The van der Waals surface area contributed by atoms with E-state index in [2.05, 4.69) is 4.98 Å². The van der Waals surface area contributed by atoms with E-state index in [1.165, 1.54) is 18.1 Å². The molecule has 0 bridgehead atoms. The van der Waals surface area contributed by atoms with Crippen LogP contribution in [0.15, 0.2) is 95.9 Å². The van der Waals surface area contributed by atoms with E-state index in [9.17, 15) is 14.4 Å². The third-order valence-corrected chi connectivity index (χ3v) is 9.58. The van der Waals surface area contributed by atoms with E-state index in [0.29, 0.717) is 29.0 Å². The summed E-state index contributed by atoms with van der Waals surface area (Å²) < 4.78 is 29.3. The highest BCUT2D eigenvalue weighted by Crippen LogP contribution is 2.44. The summed E-state index contributed by atoms with van der Waals surface area (Å²) in [6.45, 7) is 7.55. The van der Waals surface area contributed by atoms with E-state index in [1.54, 1.807) is 53.2 Å². The molecule has 4 aromatic carbocycles. The predicted molar refractivity (Wildman–Crippen MR) is 210 cm³/mol. The van der Waals surface area contributed by atoms with Crippen LogP contribution in [0.5, 0.6) is 11.5 Å². The summed E-state index contributed by atoms with van der Waals surface area (Å²) in [5, 5.41) is 2.38. The number of likely N-dealkylation sites (N-methyl/N-ethyl adjacent to an activating group) is 1. The first-order valence-corrected chi connectivity index (χ1v) is 17.9. The van der Waals surface area contributed by atoms with Crippen molar-refractivity contribution >= 4 is 45.2 Å². The van der Waals surface area contributed by atoms with Gasteiger partial charge in [0.2, 0.25) is 0 Å². The number of aromatic nitrogens is 1. The lowest BCUT2D eigenvalue weighted by Crippen LogP contribution is -2.63. The van der Waals surface area contributed by atoms with Crippen molar-refractivity contribution < 1.29 is 33.3 Å². The smallest absolute Gasteiger partial charge is 0.410 e. The van der Waals surface area contributed by atoms with Crippen LogP contribution in [0.25, 0.3) is 27.4 Å². The number of carbonyl (C=O) groups excluding carboxylic acids is 2. The molecule has 1 aromatic heterocycles. The van der Waals surface area contributed by atoms with E-state index >= 15 is 0 Å². The van der Waals surface area contributed by atoms with Crippen LogP contribution >= 0.6 is 0 Å². The molecule has 0 radical (unpaired) electrons. The van der Waals surface area contributed by atoms with E-state index in [1.807, 2.05) is 78.7 Å². The summed E-state index contributed by atoms with van der Waals surface area (Å²) in [5.41, 5.74) is 0.578. The fourth-order valence-electron chi connectivity index (χ4n) is 6.96. The molecular weight excluding hydrogens is 686 g/mol. The normalized spacial score (nSPS) is 15.3. The first-order chi connectivity index (χ1) is 25.9. The van der Waals surface area contributed by atoms with Gasteiger partial charge in [0, 0.05) is 41.6 Å². The Morgan fingerprint density at radius 3 is 2.37 bits per heavy atom. The minimum Gasteiger partial charge on any atom is -0.497 e. The number of esters is 1. The molecule has 11 heteroatoms. The predicted octanol–water partition coefficient (Wildman–Crippen LogP) is 7.49. The number of H-pyrrole nitrogens is 1. The molecule has 11 nitrogen and oxygen atoms in total. The lowest BCUT2D eigenvalue weighted by Gasteiger charge is -2.47. The van der Waals surface area contributed by atoms with Gasteiger partial charge < -0.3 is 38.5 Å². The molecule has 5 aromatic rings. The highest BCUT2D eigenvalue weighted by atomic mass is 16.6. The maximum Gasteiger partial charge on any atom is 0.410 e. The van der Waals surface area contributed by atoms with Crippen LogP contribution < -0.4 is 19.8 Å². The Hall–Kier alpha value is -5.97. The summed E-state index contributed by atoms with van der Waals surface area (Å²) in [7, 11) is 4.49. The molecule has 6 rings (SSSR count). The fourth-order valence-corrected chi connectivity index (χ4v) is 6.96. The van der Waals surface area contributed by atoms with Gasteiger partial charge in [-0.25, -0.2) is 9.59 Å². The second-order valence-electron chi connectivity index (χ2n) is 14.2. The Labute approximate surface area is 315 Å². The molecule has 1 amide bonds. The Kier molecular flexibility index (Phi) is 10.9. The van der Waals surface area contributed by atoms with Gasteiger partial charge in [-0.2, -0.15) is 0 Å². The number of carbonyl (C=O) groups is 2.